The van der Waals surface area contributed by atoms with E-state index in [4.69, 9.17) is 0 Å². The van der Waals surface area contributed by atoms with Crippen LogP contribution in [0.2, 0.25) is 0 Å². The zero-order valence-corrected chi connectivity index (χ0v) is 8.64. The van der Waals surface area contributed by atoms with Gasteiger partial charge in [0, 0.05) is 17.7 Å². The molecule has 0 aliphatic heterocycles. The summed E-state index contributed by atoms with van der Waals surface area (Å²) >= 11 is 3.69. The zero-order valence-electron chi connectivity index (χ0n) is 7.05. The molecule has 0 N–H and O–H groups in total. The van der Waals surface area contributed by atoms with Crippen molar-refractivity contribution in [3.05, 3.63) is 12.2 Å². The summed E-state index contributed by atoms with van der Waals surface area (Å²) in [6, 6.07) is 0. The SMILES string of the molecule is C=C1C[C@@H]2CC(=O)C[C@H](C1)C2Br. The van der Waals surface area contributed by atoms with Gasteiger partial charge in [-0.2, -0.15) is 0 Å². The summed E-state index contributed by atoms with van der Waals surface area (Å²) in [5.74, 6) is 1.53. The summed E-state index contributed by atoms with van der Waals surface area (Å²) in [5.41, 5.74) is 1.34. The third kappa shape index (κ3) is 1.37. The Bertz CT molecular complexity index is 194. The van der Waals surface area contributed by atoms with Gasteiger partial charge in [-0.15, -0.1) is 0 Å². The number of rotatable bonds is 0. The van der Waals surface area contributed by atoms with E-state index in [1.165, 1.54) is 5.57 Å². The molecule has 0 aromatic heterocycles. The molecule has 0 aromatic rings. The molecule has 2 aliphatic rings. The quantitative estimate of drug-likeness (QED) is 0.461. The Hall–Kier alpha value is -0.110. The molecule has 0 aromatic carbocycles. The van der Waals surface area contributed by atoms with Crippen LogP contribution in [0.25, 0.3) is 0 Å². The van der Waals surface area contributed by atoms with Gasteiger partial charge in [0.25, 0.3) is 0 Å². The zero-order chi connectivity index (χ0) is 8.72. The van der Waals surface area contributed by atoms with E-state index in [0.29, 0.717) is 22.4 Å². The minimum atomic E-state index is 0.452. The van der Waals surface area contributed by atoms with Gasteiger partial charge in [0.1, 0.15) is 5.78 Å². The monoisotopic (exact) mass is 228 g/mol. The van der Waals surface area contributed by atoms with Crippen molar-refractivity contribution < 1.29 is 4.79 Å². The van der Waals surface area contributed by atoms with E-state index >= 15 is 0 Å². The lowest BCUT2D eigenvalue weighted by molar-refractivity contribution is -0.123. The van der Waals surface area contributed by atoms with Gasteiger partial charge in [0.15, 0.2) is 0 Å². The predicted octanol–water partition coefficient (Wildman–Crippen LogP) is 2.70. The van der Waals surface area contributed by atoms with Crippen molar-refractivity contribution in [1.82, 2.24) is 0 Å². The number of alkyl halides is 1. The van der Waals surface area contributed by atoms with E-state index in [9.17, 15) is 4.79 Å². The van der Waals surface area contributed by atoms with Gasteiger partial charge < -0.3 is 0 Å². The minimum Gasteiger partial charge on any atom is -0.300 e. The van der Waals surface area contributed by atoms with Crippen LogP contribution in [0.3, 0.4) is 0 Å². The molecule has 0 heterocycles. The van der Waals surface area contributed by atoms with Gasteiger partial charge in [-0.3, -0.25) is 4.79 Å². The number of carbonyl (C=O) groups excluding carboxylic acids is 1. The van der Waals surface area contributed by atoms with Crippen LogP contribution in [0.5, 0.6) is 0 Å². The van der Waals surface area contributed by atoms with Crippen LogP contribution in [-0.4, -0.2) is 10.6 Å². The van der Waals surface area contributed by atoms with Crippen LogP contribution < -0.4 is 0 Å². The first kappa shape index (κ1) is 8.49. The van der Waals surface area contributed by atoms with Crippen LogP contribution in [0.4, 0.5) is 0 Å². The molecule has 2 fully saturated rings. The van der Waals surface area contributed by atoms with Crippen LogP contribution in [0.1, 0.15) is 25.7 Å². The molecular weight excluding hydrogens is 216 g/mol. The van der Waals surface area contributed by atoms with E-state index in [1.54, 1.807) is 0 Å². The number of allylic oxidation sites excluding steroid dienone is 1. The fraction of sp³-hybridized carbons (Fsp3) is 0.700. The van der Waals surface area contributed by atoms with Crippen LogP contribution in [0, 0.1) is 11.8 Å². The van der Waals surface area contributed by atoms with Crippen molar-refractivity contribution in [2.75, 3.05) is 0 Å². The molecule has 3 atom stereocenters. The number of hydrogen-bond donors (Lipinski definition) is 0. The third-order valence-electron chi connectivity index (χ3n) is 2.98. The van der Waals surface area contributed by atoms with Crippen molar-refractivity contribution in [2.24, 2.45) is 11.8 Å². The Morgan fingerprint density at radius 1 is 1.17 bits per heavy atom. The summed E-state index contributed by atoms with van der Waals surface area (Å²) < 4.78 is 0. The normalized spacial score (nSPS) is 41.6. The molecule has 0 radical (unpaired) electrons. The molecule has 2 aliphatic carbocycles. The number of ketones is 1. The highest BCUT2D eigenvalue weighted by Crippen LogP contribution is 2.44. The fourth-order valence-corrected chi connectivity index (χ4v) is 3.22. The molecule has 2 saturated carbocycles. The van der Waals surface area contributed by atoms with Crippen LogP contribution in [0.15, 0.2) is 12.2 Å². The van der Waals surface area contributed by atoms with Gasteiger partial charge in [-0.1, -0.05) is 28.1 Å². The van der Waals surface area contributed by atoms with Crippen molar-refractivity contribution >= 4 is 21.7 Å². The Morgan fingerprint density at radius 2 is 1.67 bits per heavy atom. The second-order valence-electron chi connectivity index (χ2n) is 4.07. The first-order valence-electron chi connectivity index (χ1n) is 4.49. The van der Waals surface area contributed by atoms with E-state index in [0.717, 1.165) is 25.7 Å². The van der Waals surface area contributed by atoms with Crippen molar-refractivity contribution in [1.29, 1.82) is 0 Å². The van der Waals surface area contributed by atoms with Gasteiger partial charge >= 0.3 is 0 Å². The Balaban J connectivity index is 2.18. The smallest absolute Gasteiger partial charge is 0.133 e. The fourth-order valence-electron chi connectivity index (χ4n) is 2.47. The van der Waals surface area contributed by atoms with E-state index in [-0.39, 0.29) is 0 Å². The molecule has 2 bridgehead atoms. The van der Waals surface area contributed by atoms with Crippen molar-refractivity contribution in [3.8, 4) is 0 Å². The molecule has 0 amide bonds. The van der Waals surface area contributed by atoms with Crippen LogP contribution >= 0.6 is 15.9 Å². The Labute approximate surface area is 81.4 Å². The molecule has 1 unspecified atom stereocenters. The molecule has 2 rings (SSSR count). The standard InChI is InChI=1S/C10H13BrO/c1-6-2-7-4-9(12)5-8(3-6)10(7)11/h7-8,10H,1-5H2/t7-,8+,10?. The molecule has 2 heteroatoms. The van der Waals surface area contributed by atoms with E-state index in [2.05, 4.69) is 22.5 Å². The topological polar surface area (TPSA) is 17.1 Å². The Morgan fingerprint density at radius 3 is 2.17 bits per heavy atom. The minimum absolute atomic E-state index is 0.452. The number of fused-ring (bicyclic) bond motifs is 2. The maximum atomic E-state index is 11.3. The third-order valence-corrected chi connectivity index (χ3v) is 4.48. The molecule has 0 spiro atoms. The molecule has 1 nitrogen and oxygen atoms in total. The molecule has 12 heavy (non-hydrogen) atoms. The number of halogens is 1. The second kappa shape index (κ2) is 2.99. The Kier molecular flexibility index (Phi) is 2.11. The molecular formula is C10H13BrO. The van der Waals surface area contributed by atoms with Crippen molar-refractivity contribution in [3.63, 3.8) is 0 Å². The maximum absolute atomic E-state index is 11.3. The van der Waals surface area contributed by atoms with Gasteiger partial charge in [0.2, 0.25) is 0 Å². The maximum Gasteiger partial charge on any atom is 0.133 e. The predicted molar refractivity (Wildman–Crippen MR) is 52.3 cm³/mol. The highest BCUT2D eigenvalue weighted by molar-refractivity contribution is 9.09. The van der Waals surface area contributed by atoms with Crippen molar-refractivity contribution in [2.45, 2.75) is 30.5 Å². The summed E-state index contributed by atoms with van der Waals surface area (Å²) in [4.78, 5) is 11.8. The summed E-state index contributed by atoms with van der Waals surface area (Å²) in [6.07, 6.45) is 3.65. The molecule has 0 saturated heterocycles. The highest BCUT2D eigenvalue weighted by Gasteiger charge is 2.39. The summed E-state index contributed by atoms with van der Waals surface area (Å²) in [6.45, 7) is 4.02. The van der Waals surface area contributed by atoms with Gasteiger partial charge in [-0.05, 0) is 24.7 Å². The van der Waals surface area contributed by atoms with Gasteiger partial charge in [0.05, 0.1) is 0 Å². The first-order valence-corrected chi connectivity index (χ1v) is 5.41. The number of carbonyl (C=O) groups is 1. The number of Topliss-reactive ketones (excluding diaryl/α,β-unsaturated/α-hetero) is 1. The lowest BCUT2D eigenvalue weighted by atomic mass is 9.70. The number of hydrogen-bond acceptors (Lipinski definition) is 1. The highest BCUT2D eigenvalue weighted by atomic mass is 79.9. The summed E-state index contributed by atoms with van der Waals surface area (Å²) in [5, 5.41) is 0. The molecule has 66 valence electrons. The van der Waals surface area contributed by atoms with Crippen LogP contribution in [-0.2, 0) is 4.79 Å². The van der Waals surface area contributed by atoms with Gasteiger partial charge in [-0.25, -0.2) is 0 Å². The lowest BCUT2D eigenvalue weighted by Gasteiger charge is -2.39. The van der Waals surface area contributed by atoms with E-state index in [1.807, 2.05) is 0 Å². The average Bonchev–Trinajstić information content (AvgIpc) is 1.94. The largest absolute Gasteiger partial charge is 0.300 e. The average molecular weight is 229 g/mol. The first-order chi connectivity index (χ1) is 5.66. The second-order valence-corrected chi connectivity index (χ2v) is 5.13. The van der Waals surface area contributed by atoms with E-state index < -0.39 is 0 Å². The lowest BCUT2D eigenvalue weighted by Crippen LogP contribution is -2.37. The summed E-state index contributed by atoms with van der Waals surface area (Å²) in [7, 11) is 0.